The third kappa shape index (κ3) is 5.40. The number of halogens is 1. The predicted octanol–water partition coefficient (Wildman–Crippen LogP) is 5.74. The summed E-state index contributed by atoms with van der Waals surface area (Å²) in [7, 11) is 0. The topological polar surface area (TPSA) is 117 Å². The predicted molar refractivity (Wildman–Crippen MR) is 157 cm³/mol. The van der Waals surface area contributed by atoms with Crippen LogP contribution in [0.5, 0.6) is 0 Å². The molecule has 1 unspecified atom stereocenters. The van der Waals surface area contributed by atoms with Crippen LogP contribution < -0.4 is 14.9 Å². The average Bonchev–Trinajstić information content (AvgIpc) is 3.52. The molecular weight excluding hydrogens is 566 g/mol. The SMILES string of the molecule is CCOC(=O)C1=C(C)N=c2s/c(=C\c3ccc(-c4ccc(Cl)cc4[N+](=O)[O-])o3)c(=O)n2C1c1ccc(C(C)C)cc1. The van der Waals surface area contributed by atoms with E-state index in [1.54, 1.807) is 38.1 Å². The summed E-state index contributed by atoms with van der Waals surface area (Å²) >= 11 is 7.11. The number of hydrogen-bond acceptors (Lipinski definition) is 8. The molecule has 1 aliphatic rings. The van der Waals surface area contributed by atoms with Crippen molar-refractivity contribution in [2.45, 2.75) is 39.7 Å². The van der Waals surface area contributed by atoms with Gasteiger partial charge in [0, 0.05) is 17.2 Å². The maximum absolute atomic E-state index is 13.8. The number of carbonyl (C=O) groups is 1. The molecule has 41 heavy (non-hydrogen) atoms. The fourth-order valence-electron chi connectivity index (χ4n) is 4.74. The Morgan fingerprint density at radius 2 is 1.95 bits per heavy atom. The number of nitro groups is 1. The third-order valence-electron chi connectivity index (χ3n) is 6.76. The van der Waals surface area contributed by atoms with Crippen LogP contribution in [0.2, 0.25) is 5.02 Å². The highest BCUT2D eigenvalue weighted by Crippen LogP contribution is 2.34. The van der Waals surface area contributed by atoms with E-state index < -0.39 is 16.9 Å². The summed E-state index contributed by atoms with van der Waals surface area (Å²) in [4.78, 5) is 43.0. The van der Waals surface area contributed by atoms with Gasteiger partial charge in [0.25, 0.3) is 11.2 Å². The Bertz CT molecular complexity index is 1880. The number of rotatable bonds is 7. The lowest BCUT2D eigenvalue weighted by atomic mass is 9.93. The number of thiazole rings is 1. The minimum atomic E-state index is -0.724. The molecule has 0 saturated heterocycles. The van der Waals surface area contributed by atoms with E-state index in [9.17, 15) is 19.7 Å². The summed E-state index contributed by atoms with van der Waals surface area (Å²) < 4.78 is 13.1. The van der Waals surface area contributed by atoms with Gasteiger partial charge in [0.05, 0.1) is 38.9 Å². The first-order valence-electron chi connectivity index (χ1n) is 12.9. The molecule has 210 valence electrons. The zero-order valence-corrected chi connectivity index (χ0v) is 24.3. The molecule has 4 aromatic rings. The molecule has 11 heteroatoms. The van der Waals surface area contributed by atoms with Gasteiger partial charge in [-0.2, -0.15) is 0 Å². The Hall–Kier alpha value is -4.28. The smallest absolute Gasteiger partial charge is 0.338 e. The van der Waals surface area contributed by atoms with E-state index in [0.717, 1.165) is 11.1 Å². The lowest BCUT2D eigenvalue weighted by molar-refractivity contribution is -0.384. The van der Waals surface area contributed by atoms with E-state index in [0.29, 0.717) is 32.3 Å². The van der Waals surface area contributed by atoms with Crippen LogP contribution in [0.25, 0.3) is 17.4 Å². The molecule has 0 bridgehead atoms. The fraction of sp³-hybridized carbons (Fsp3) is 0.233. The summed E-state index contributed by atoms with van der Waals surface area (Å²) in [5.41, 5.74) is 2.39. The van der Waals surface area contributed by atoms with Gasteiger partial charge >= 0.3 is 5.97 Å². The number of aromatic nitrogens is 1. The van der Waals surface area contributed by atoms with Gasteiger partial charge < -0.3 is 9.15 Å². The molecule has 9 nitrogen and oxygen atoms in total. The Labute approximate surface area is 243 Å². The van der Waals surface area contributed by atoms with Crippen molar-refractivity contribution in [3.8, 4) is 11.3 Å². The van der Waals surface area contributed by atoms with E-state index in [2.05, 4.69) is 18.8 Å². The first kappa shape index (κ1) is 28.3. The first-order valence-corrected chi connectivity index (χ1v) is 14.1. The van der Waals surface area contributed by atoms with Crippen molar-refractivity contribution in [2.75, 3.05) is 6.61 Å². The minimum Gasteiger partial charge on any atom is -0.463 e. The number of ether oxygens (including phenoxy) is 1. The zero-order chi connectivity index (χ0) is 29.4. The molecule has 3 heterocycles. The van der Waals surface area contributed by atoms with Gasteiger partial charge in [-0.05, 0) is 55.2 Å². The second kappa shape index (κ2) is 11.3. The molecule has 2 aromatic carbocycles. The molecule has 0 saturated carbocycles. The van der Waals surface area contributed by atoms with Crippen molar-refractivity contribution in [2.24, 2.45) is 4.99 Å². The summed E-state index contributed by atoms with van der Waals surface area (Å²) in [6.45, 7) is 7.84. The number of nitro benzene ring substituents is 1. The lowest BCUT2D eigenvalue weighted by Gasteiger charge is -2.25. The van der Waals surface area contributed by atoms with Gasteiger partial charge in [0.15, 0.2) is 4.80 Å². The van der Waals surface area contributed by atoms with Gasteiger partial charge in [-0.3, -0.25) is 19.5 Å². The third-order valence-corrected chi connectivity index (χ3v) is 7.98. The van der Waals surface area contributed by atoms with Crippen molar-refractivity contribution >= 4 is 40.7 Å². The Morgan fingerprint density at radius 3 is 2.61 bits per heavy atom. The highest BCUT2D eigenvalue weighted by Gasteiger charge is 2.33. The highest BCUT2D eigenvalue weighted by molar-refractivity contribution is 7.07. The van der Waals surface area contributed by atoms with Crippen molar-refractivity contribution < 1.29 is 18.9 Å². The van der Waals surface area contributed by atoms with Gasteiger partial charge in [-0.15, -0.1) is 0 Å². The van der Waals surface area contributed by atoms with E-state index in [-0.39, 0.29) is 34.2 Å². The molecule has 0 fully saturated rings. The second-order valence-electron chi connectivity index (χ2n) is 9.74. The summed E-state index contributed by atoms with van der Waals surface area (Å²) in [6, 6.07) is 14.7. The van der Waals surface area contributed by atoms with Crippen LogP contribution in [-0.4, -0.2) is 22.1 Å². The van der Waals surface area contributed by atoms with Crippen LogP contribution in [0.15, 0.2) is 80.1 Å². The van der Waals surface area contributed by atoms with Crippen molar-refractivity contribution in [1.82, 2.24) is 4.57 Å². The summed E-state index contributed by atoms with van der Waals surface area (Å²) in [5.74, 6) is 0.381. The number of benzene rings is 2. The average molecular weight is 592 g/mol. The van der Waals surface area contributed by atoms with Crippen LogP contribution >= 0.6 is 22.9 Å². The van der Waals surface area contributed by atoms with Gasteiger partial charge in [0.2, 0.25) is 0 Å². The molecule has 2 aromatic heterocycles. The Morgan fingerprint density at radius 1 is 1.22 bits per heavy atom. The van der Waals surface area contributed by atoms with Gasteiger partial charge in [-0.25, -0.2) is 9.79 Å². The number of hydrogen-bond donors (Lipinski definition) is 0. The van der Waals surface area contributed by atoms with Crippen LogP contribution in [0.3, 0.4) is 0 Å². The summed E-state index contributed by atoms with van der Waals surface area (Å²) in [6.07, 6.45) is 1.57. The normalized spacial score (nSPS) is 15.2. The molecular formula is C30H26ClN3O6S. The largest absolute Gasteiger partial charge is 0.463 e. The van der Waals surface area contributed by atoms with E-state index in [1.807, 2.05) is 24.3 Å². The van der Waals surface area contributed by atoms with E-state index in [4.69, 9.17) is 20.8 Å². The number of allylic oxidation sites excluding steroid dienone is 1. The maximum atomic E-state index is 13.8. The Balaban J connectivity index is 1.63. The molecule has 0 N–H and O–H groups in total. The van der Waals surface area contributed by atoms with Crippen LogP contribution in [0.4, 0.5) is 5.69 Å². The lowest BCUT2D eigenvalue weighted by Crippen LogP contribution is -2.39. The molecule has 1 atom stereocenters. The minimum absolute atomic E-state index is 0.186. The molecule has 0 radical (unpaired) electrons. The standard InChI is InChI=1S/C30H26ClN3O6S/c1-5-39-29(36)26-17(4)32-30-33(27(26)19-8-6-18(7-9-19)16(2)3)28(35)25(41-30)15-21-11-13-24(40-21)22-12-10-20(31)14-23(22)34(37)38/h6-16,27H,5H2,1-4H3/b25-15-. The number of esters is 1. The molecule has 1 aliphatic heterocycles. The molecule has 0 aliphatic carbocycles. The number of carbonyl (C=O) groups excluding carboxylic acids is 1. The number of fused-ring (bicyclic) bond motifs is 1. The summed E-state index contributed by atoms with van der Waals surface area (Å²) in [5, 5.41) is 11.8. The Kier molecular flexibility index (Phi) is 7.79. The second-order valence-corrected chi connectivity index (χ2v) is 11.2. The first-order chi connectivity index (χ1) is 19.6. The quantitative estimate of drug-likeness (QED) is 0.154. The molecule has 5 rings (SSSR count). The van der Waals surface area contributed by atoms with Gasteiger partial charge in [0.1, 0.15) is 11.5 Å². The zero-order valence-electron chi connectivity index (χ0n) is 22.7. The highest BCUT2D eigenvalue weighted by atomic mass is 35.5. The number of furan rings is 1. The van der Waals surface area contributed by atoms with Crippen molar-refractivity contribution in [1.29, 1.82) is 0 Å². The molecule has 0 spiro atoms. The van der Waals surface area contributed by atoms with Crippen LogP contribution in [0, 0.1) is 10.1 Å². The molecule has 0 amide bonds. The number of nitrogens with zero attached hydrogens (tertiary/aromatic N) is 3. The van der Waals surface area contributed by atoms with E-state index >= 15 is 0 Å². The maximum Gasteiger partial charge on any atom is 0.338 e. The van der Waals surface area contributed by atoms with Crippen LogP contribution in [0.1, 0.15) is 56.5 Å². The van der Waals surface area contributed by atoms with E-state index in [1.165, 1.54) is 28.0 Å². The van der Waals surface area contributed by atoms with Gasteiger partial charge in [-0.1, -0.05) is 61.1 Å². The fourth-order valence-corrected chi connectivity index (χ4v) is 5.93. The van der Waals surface area contributed by atoms with Crippen molar-refractivity contribution in [3.05, 3.63) is 118 Å². The van der Waals surface area contributed by atoms with Crippen molar-refractivity contribution in [3.63, 3.8) is 0 Å². The monoisotopic (exact) mass is 591 g/mol. The van der Waals surface area contributed by atoms with Crippen LogP contribution in [-0.2, 0) is 9.53 Å².